The van der Waals surface area contributed by atoms with Crippen LogP contribution < -0.4 is 44.6 Å². The van der Waals surface area contributed by atoms with E-state index in [4.69, 9.17) is 28.7 Å². The molecule has 0 unspecified atom stereocenters. The predicted octanol–water partition coefficient (Wildman–Crippen LogP) is -0.756. The lowest BCUT2D eigenvalue weighted by Gasteiger charge is -2.26. The van der Waals surface area contributed by atoms with Gasteiger partial charge in [0.25, 0.3) is 0 Å². The van der Waals surface area contributed by atoms with E-state index in [1.54, 1.807) is 26.0 Å². The lowest BCUT2D eigenvalue weighted by atomic mass is 9.95. The lowest BCUT2D eigenvalue weighted by molar-refractivity contribution is -0.133. The maximum absolute atomic E-state index is 13.8. The normalized spacial score (nSPS) is 13.5. The first-order valence-corrected chi connectivity index (χ1v) is 15.4. The first-order valence-electron chi connectivity index (χ1n) is 15.4. The van der Waals surface area contributed by atoms with Crippen LogP contribution in [-0.4, -0.2) is 72.0 Å². The van der Waals surface area contributed by atoms with Gasteiger partial charge in [-0.2, -0.15) is 0 Å². The molecule has 0 aromatic heterocycles. The van der Waals surface area contributed by atoms with Crippen LogP contribution in [-0.2, 0) is 32.0 Å². The van der Waals surface area contributed by atoms with Crippen molar-refractivity contribution in [1.29, 1.82) is 0 Å². The molecule has 252 valence electrons. The molecule has 4 amide bonds. The van der Waals surface area contributed by atoms with Gasteiger partial charge >= 0.3 is 0 Å². The second kappa shape index (κ2) is 19.0. The van der Waals surface area contributed by atoms with Gasteiger partial charge in [-0.3, -0.25) is 24.2 Å². The van der Waals surface area contributed by atoms with Gasteiger partial charge in [-0.25, -0.2) is 0 Å². The third kappa shape index (κ3) is 12.7. The molecule has 46 heavy (non-hydrogen) atoms. The smallest absolute Gasteiger partial charge is 0.243 e. The molecule has 0 aliphatic carbocycles. The second-order valence-electron chi connectivity index (χ2n) is 11.4. The highest BCUT2D eigenvalue weighted by Gasteiger charge is 2.30. The van der Waals surface area contributed by atoms with E-state index in [0.717, 1.165) is 11.1 Å². The van der Waals surface area contributed by atoms with E-state index >= 15 is 0 Å². The van der Waals surface area contributed by atoms with E-state index in [2.05, 4.69) is 20.9 Å². The number of nitrogens with two attached hydrogens (primary N) is 5. The third-order valence-electron chi connectivity index (χ3n) is 7.55. The second-order valence-corrected chi connectivity index (χ2v) is 11.4. The summed E-state index contributed by atoms with van der Waals surface area (Å²) in [5, 5.41) is 18.2. The van der Waals surface area contributed by atoms with Crippen molar-refractivity contribution in [1.82, 2.24) is 16.0 Å². The predicted molar refractivity (Wildman–Crippen MR) is 177 cm³/mol. The summed E-state index contributed by atoms with van der Waals surface area (Å²) < 4.78 is 0. The van der Waals surface area contributed by atoms with Crippen LogP contribution in [0.25, 0.3) is 0 Å². The molecule has 2 rings (SSSR count). The fourth-order valence-electron chi connectivity index (χ4n) is 5.01. The number of phenolic OH excluding ortho intramolecular Hbond substituents is 1. The maximum atomic E-state index is 13.8. The van der Waals surface area contributed by atoms with E-state index < -0.39 is 47.8 Å². The topological polar surface area (TPSA) is 267 Å². The van der Waals surface area contributed by atoms with Crippen molar-refractivity contribution in [3.05, 3.63) is 64.7 Å². The van der Waals surface area contributed by atoms with Gasteiger partial charge in [0, 0.05) is 19.4 Å². The number of aliphatic imine (C=N–C) groups is 1. The summed E-state index contributed by atoms with van der Waals surface area (Å²) in [4.78, 5) is 56.6. The van der Waals surface area contributed by atoms with Gasteiger partial charge in [-0.15, -0.1) is 0 Å². The van der Waals surface area contributed by atoms with Crippen LogP contribution in [0.4, 0.5) is 0 Å². The van der Waals surface area contributed by atoms with Crippen LogP contribution in [0.3, 0.4) is 0 Å². The van der Waals surface area contributed by atoms with E-state index in [1.807, 2.05) is 30.3 Å². The van der Waals surface area contributed by atoms with Crippen LogP contribution >= 0.6 is 0 Å². The number of hydrogen-bond donors (Lipinski definition) is 9. The van der Waals surface area contributed by atoms with Gasteiger partial charge in [0.1, 0.15) is 23.9 Å². The van der Waals surface area contributed by atoms with E-state index in [1.165, 1.54) is 0 Å². The number of aromatic hydroxyl groups is 1. The molecule has 14 heteroatoms. The highest BCUT2D eigenvalue weighted by atomic mass is 16.3. The van der Waals surface area contributed by atoms with Gasteiger partial charge in [0.15, 0.2) is 5.96 Å². The molecular formula is C32H49N9O5. The minimum Gasteiger partial charge on any atom is -0.508 e. The van der Waals surface area contributed by atoms with Crippen molar-refractivity contribution in [2.45, 2.75) is 83.0 Å². The standard InChI is InChI=1S/C32H49N9O5/c1-19-15-22(42)16-20(2)23(19)18-27(41-29(44)24(34)11-8-14-38-32(36)37)31(46)39-25(12-6-7-13-33)30(45)40-26(28(35)43)17-21-9-4-3-5-10-21/h3-5,9-10,15-16,24-27,42H,6-8,11-14,17-18,33-34H2,1-2H3,(H2,35,43)(H,39,46)(H,40,45)(H,41,44)(H4,36,37,38)/t24-,25-,26-,27-/m1/s1. The highest BCUT2D eigenvalue weighted by molar-refractivity contribution is 5.94. The zero-order valence-corrected chi connectivity index (χ0v) is 26.6. The molecule has 0 aliphatic heterocycles. The van der Waals surface area contributed by atoms with Crippen LogP contribution in [0.15, 0.2) is 47.5 Å². The molecule has 0 spiro atoms. The van der Waals surface area contributed by atoms with Gasteiger partial charge in [0.05, 0.1) is 6.04 Å². The van der Waals surface area contributed by atoms with E-state index in [9.17, 15) is 24.3 Å². The number of unbranched alkanes of at least 4 members (excludes halogenated alkanes) is 1. The Kier molecular flexibility index (Phi) is 15.5. The Balaban J connectivity index is 2.30. The number of phenols is 1. The van der Waals surface area contributed by atoms with Crippen molar-refractivity contribution < 1.29 is 24.3 Å². The maximum Gasteiger partial charge on any atom is 0.243 e. The fraction of sp³-hybridized carbons (Fsp3) is 0.469. The molecule has 2 aromatic rings. The lowest BCUT2D eigenvalue weighted by Crippen LogP contribution is -2.58. The minimum atomic E-state index is -1.13. The van der Waals surface area contributed by atoms with Crippen molar-refractivity contribution in [2.75, 3.05) is 13.1 Å². The highest BCUT2D eigenvalue weighted by Crippen LogP contribution is 2.22. The monoisotopic (exact) mass is 639 g/mol. The Morgan fingerprint density at radius 2 is 1.37 bits per heavy atom. The number of aryl methyl sites for hydroxylation is 2. The Hall–Kier alpha value is -4.69. The van der Waals surface area contributed by atoms with Crippen LogP contribution in [0.5, 0.6) is 5.75 Å². The molecule has 0 aliphatic rings. The zero-order valence-electron chi connectivity index (χ0n) is 26.6. The molecule has 0 saturated heterocycles. The summed E-state index contributed by atoms with van der Waals surface area (Å²) in [7, 11) is 0. The first kappa shape index (κ1) is 37.5. The Morgan fingerprint density at radius 3 is 1.96 bits per heavy atom. The number of carbonyl (C=O) groups is 4. The van der Waals surface area contributed by atoms with Crippen LogP contribution in [0.1, 0.15) is 54.4 Å². The number of carbonyl (C=O) groups excluding carboxylic acids is 4. The average Bonchev–Trinajstić information content (AvgIpc) is 2.99. The van der Waals surface area contributed by atoms with Crippen LogP contribution in [0.2, 0.25) is 0 Å². The summed E-state index contributed by atoms with van der Waals surface area (Å²) >= 11 is 0. The number of guanidine groups is 1. The Bertz CT molecular complexity index is 1330. The first-order chi connectivity index (χ1) is 21.8. The molecule has 14 nitrogen and oxygen atoms in total. The van der Waals surface area contributed by atoms with E-state index in [-0.39, 0.29) is 43.9 Å². The van der Waals surface area contributed by atoms with Crippen molar-refractivity contribution >= 4 is 29.6 Å². The molecule has 2 aromatic carbocycles. The Morgan fingerprint density at radius 1 is 0.783 bits per heavy atom. The average molecular weight is 640 g/mol. The molecule has 0 radical (unpaired) electrons. The summed E-state index contributed by atoms with van der Waals surface area (Å²) in [6.45, 7) is 4.25. The zero-order chi connectivity index (χ0) is 34.2. The summed E-state index contributed by atoms with van der Waals surface area (Å²) in [6.07, 6.45) is 2.27. The third-order valence-corrected chi connectivity index (χ3v) is 7.55. The number of amides is 4. The minimum absolute atomic E-state index is 0.0608. The molecule has 0 bridgehead atoms. The van der Waals surface area contributed by atoms with E-state index in [0.29, 0.717) is 36.9 Å². The molecule has 0 saturated carbocycles. The molecule has 0 fully saturated rings. The molecule has 14 N–H and O–H groups in total. The number of nitrogens with zero attached hydrogens (tertiary/aromatic N) is 1. The number of primary amides is 1. The van der Waals surface area contributed by atoms with Gasteiger partial charge < -0.3 is 49.7 Å². The molecule has 0 heterocycles. The number of rotatable bonds is 19. The van der Waals surface area contributed by atoms with Gasteiger partial charge in [-0.05, 0) is 86.9 Å². The summed E-state index contributed by atoms with van der Waals surface area (Å²) in [5.41, 5.74) is 31.1. The summed E-state index contributed by atoms with van der Waals surface area (Å²) in [6, 6.07) is 8.07. The van der Waals surface area contributed by atoms with Crippen molar-refractivity contribution in [2.24, 2.45) is 33.7 Å². The molecular weight excluding hydrogens is 590 g/mol. The molecule has 4 atom stereocenters. The van der Waals surface area contributed by atoms with Crippen molar-refractivity contribution in [3.8, 4) is 5.75 Å². The Labute approximate surface area is 269 Å². The number of nitrogens with one attached hydrogen (secondary N) is 3. The number of benzene rings is 2. The fourth-order valence-corrected chi connectivity index (χ4v) is 5.01. The van der Waals surface area contributed by atoms with Gasteiger partial charge in [-0.1, -0.05) is 30.3 Å². The van der Waals surface area contributed by atoms with Gasteiger partial charge in [0.2, 0.25) is 23.6 Å². The van der Waals surface area contributed by atoms with Crippen LogP contribution in [0, 0.1) is 13.8 Å². The summed E-state index contributed by atoms with van der Waals surface area (Å²) in [5.74, 6) is -2.51. The quantitative estimate of drug-likeness (QED) is 0.0530. The van der Waals surface area contributed by atoms with Crippen molar-refractivity contribution in [3.63, 3.8) is 0 Å². The number of hydrogen-bond acceptors (Lipinski definition) is 8. The largest absolute Gasteiger partial charge is 0.508 e. The SMILES string of the molecule is Cc1cc(O)cc(C)c1C[C@@H](NC(=O)[C@H](N)CCCN=C(N)N)C(=O)N[C@H](CCCCN)C(=O)N[C@H](Cc1ccccc1)C(N)=O.